The minimum absolute atomic E-state index is 0.233. The molecule has 6 heteroatoms. The van der Waals surface area contributed by atoms with Crippen molar-refractivity contribution in [2.45, 2.75) is 13.8 Å². The normalized spacial score (nSPS) is 14.8. The molecule has 1 aliphatic rings. The zero-order chi connectivity index (χ0) is 18.3. The number of likely N-dealkylation sites (N-methyl/N-ethyl adjacent to an activating group) is 1. The van der Waals surface area contributed by atoms with Crippen molar-refractivity contribution in [3.8, 4) is 0 Å². The Labute approximate surface area is 145 Å². The SMILES string of the molecule is COC(=O)c1c(C)[nH]c(C(=O)/C=C2\C(=O)N(C)c3ccccc32)c1C. The van der Waals surface area contributed by atoms with Crippen LogP contribution >= 0.6 is 0 Å². The maximum absolute atomic E-state index is 12.7. The van der Waals surface area contributed by atoms with Gasteiger partial charge in [-0.1, -0.05) is 18.2 Å². The predicted molar refractivity (Wildman–Crippen MR) is 93.8 cm³/mol. The highest BCUT2D eigenvalue weighted by atomic mass is 16.5. The summed E-state index contributed by atoms with van der Waals surface area (Å²) in [5, 5.41) is 0. The Kier molecular flexibility index (Phi) is 4.04. The maximum atomic E-state index is 12.7. The van der Waals surface area contributed by atoms with E-state index in [1.807, 2.05) is 24.3 Å². The van der Waals surface area contributed by atoms with Crippen molar-refractivity contribution in [1.29, 1.82) is 0 Å². The van der Waals surface area contributed by atoms with Crippen molar-refractivity contribution in [1.82, 2.24) is 4.98 Å². The summed E-state index contributed by atoms with van der Waals surface area (Å²) in [6.45, 7) is 3.38. The number of carbonyl (C=O) groups excluding carboxylic acids is 3. The number of ketones is 1. The molecular weight excluding hydrogens is 320 g/mol. The van der Waals surface area contributed by atoms with Crippen molar-refractivity contribution < 1.29 is 19.1 Å². The molecule has 1 amide bonds. The molecular formula is C19H18N2O4. The first kappa shape index (κ1) is 16.7. The Morgan fingerprint density at radius 1 is 1.20 bits per heavy atom. The summed E-state index contributed by atoms with van der Waals surface area (Å²) < 4.78 is 4.76. The molecule has 0 aliphatic carbocycles. The second kappa shape index (κ2) is 6.05. The van der Waals surface area contributed by atoms with Gasteiger partial charge in [0.1, 0.15) is 0 Å². The summed E-state index contributed by atoms with van der Waals surface area (Å²) in [5.41, 5.74) is 3.53. The Balaban J connectivity index is 2.05. The second-order valence-electron chi connectivity index (χ2n) is 5.92. The molecule has 0 bridgehead atoms. The largest absolute Gasteiger partial charge is 0.465 e. The van der Waals surface area contributed by atoms with Gasteiger partial charge in [-0.15, -0.1) is 0 Å². The maximum Gasteiger partial charge on any atom is 0.339 e. The van der Waals surface area contributed by atoms with Gasteiger partial charge in [-0.3, -0.25) is 9.59 Å². The quantitative estimate of drug-likeness (QED) is 0.530. The van der Waals surface area contributed by atoms with E-state index in [4.69, 9.17) is 4.74 Å². The van der Waals surface area contributed by atoms with E-state index in [1.54, 1.807) is 20.9 Å². The molecule has 0 radical (unpaired) electrons. The summed E-state index contributed by atoms with van der Waals surface area (Å²) in [6.07, 6.45) is 1.32. The molecule has 25 heavy (non-hydrogen) atoms. The van der Waals surface area contributed by atoms with Crippen LogP contribution in [0.2, 0.25) is 0 Å². The highest BCUT2D eigenvalue weighted by Crippen LogP contribution is 2.35. The number of nitrogens with zero attached hydrogens (tertiary/aromatic N) is 1. The van der Waals surface area contributed by atoms with Crippen molar-refractivity contribution in [2.75, 3.05) is 19.1 Å². The van der Waals surface area contributed by atoms with Crippen molar-refractivity contribution >= 4 is 28.9 Å². The predicted octanol–water partition coefficient (Wildman–Crippen LogP) is 2.66. The third kappa shape index (κ3) is 2.55. The third-order valence-electron chi connectivity index (χ3n) is 4.44. The van der Waals surface area contributed by atoms with Crippen LogP contribution in [0.4, 0.5) is 5.69 Å². The number of benzene rings is 1. The second-order valence-corrected chi connectivity index (χ2v) is 5.92. The summed E-state index contributed by atoms with van der Waals surface area (Å²) >= 11 is 0. The van der Waals surface area contributed by atoms with E-state index < -0.39 is 5.97 Å². The standard InChI is InChI=1S/C19H18N2O4/c1-10-16(19(24)25-4)11(2)20-17(10)15(22)9-13-12-7-5-6-8-14(12)21(3)18(13)23/h5-9,20H,1-4H3/b13-9-. The van der Waals surface area contributed by atoms with Crippen molar-refractivity contribution in [3.63, 3.8) is 0 Å². The van der Waals surface area contributed by atoms with Gasteiger partial charge in [0, 0.05) is 24.4 Å². The van der Waals surface area contributed by atoms with E-state index in [0.717, 1.165) is 11.3 Å². The van der Waals surface area contributed by atoms with Gasteiger partial charge in [0.05, 0.1) is 29.6 Å². The van der Waals surface area contributed by atoms with E-state index >= 15 is 0 Å². The lowest BCUT2D eigenvalue weighted by Gasteiger charge is -2.07. The van der Waals surface area contributed by atoms with Crippen LogP contribution in [-0.2, 0) is 9.53 Å². The molecule has 3 rings (SSSR count). The third-order valence-corrected chi connectivity index (χ3v) is 4.44. The van der Waals surface area contributed by atoms with Crippen LogP contribution in [0.5, 0.6) is 0 Å². The van der Waals surface area contributed by atoms with Crippen LogP contribution in [0.15, 0.2) is 30.3 Å². The molecule has 0 fully saturated rings. The lowest BCUT2D eigenvalue weighted by molar-refractivity contribution is -0.112. The Morgan fingerprint density at radius 3 is 2.56 bits per heavy atom. The summed E-state index contributed by atoms with van der Waals surface area (Å²) in [5.74, 6) is -1.09. The highest BCUT2D eigenvalue weighted by molar-refractivity contribution is 6.35. The first-order chi connectivity index (χ1) is 11.9. The van der Waals surface area contributed by atoms with Crippen LogP contribution in [0.1, 0.15) is 37.7 Å². The topological polar surface area (TPSA) is 79.5 Å². The minimum Gasteiger partial charge on any atom is -0.465 e. The number of ether oxygens (including phenoxy) is 1. The van der Waals surface area contributed by atoms with E-state index in [-0.39, 0.29) is 17.4 Å². The average Bonchev–Trinajstić information content (AvgIpc) is 3.03. The minimum atomic E-state index is -0.500. The fraction of sp³-hybridized carbons (Fsp3) is 0.211. The van der Waals surface area contributed by atoms with Crippen LogP contribution in [0.3, 0.4) is 0 Å². The van der Waals surface area contributed by atoms with E-state index in [2.05, 4.69) is 4.98 Å². The zero-order valence-electron chi connectivity index (χ0n) is 14.5. The Morgan fingerprint density at radius 2 is 1.88 bits per heavy atom. The molecule has 128 valence electrons. The Bertz CT molecular complexity index is 937. The van der Waals surface area contributed by atoms with Crippen LogP contribution in [0, 0.1) is 13.8 Å². The number of aryl methyl sites for hydroxylation is 1. The van der Waals surface area contributed by atoms with Crippen LogP contribution < -0.4 is 4.90 Å². The van der Waals surface area contributed by atoms with Crippen LogP contribution in [0.25, 0.3) is 5.57 Å². The number of aromatic amines is 1. The highest BCUT2D eigenvalue weighted by Gasteiger charge is 2.30. The summed E-state index contributed by atoms with van der Waals surface area (Å²) in [4.78, 5) is 41.5. The smallest absolute Gasteiger partial charge is 0.339 e. The number of hydrogen-bond donors (Lipinski definition) is 1. The monoisotopic (exact) mass is 338 g/mol. The average molecular weight is 338 g/mol. The lowest BCUT2D eigenvalue weighted by atomic mass is 10.0. The number of methoxy groups -OCH3 is 1. The number of allylic oxidation sites excluding steroid dienone is 1. The van der Waals surface area contributed by atoms with E-state index in [1.165, 1.54) is 18.1 Å². The molecule has 2 heterocycles. The van der Waals surface area contributed by atoms with Gasteiger partial charge in [-0.05, 0) is 25.5 Å². The van der Waals surface area contributed by atoms with Crippen molar-refractivity contribution in [3.05, 3.63) is 58.4 Å². The van der Waals surface area contributed by atoms with Gasteiger partial charge in [0.25, 0.3) is 5.91 Å². The molecule has 0 saturated heterocycles. The van der Waals surface area contributed by atoms with Gasteiger partial charge in [0.2, 0.25) is 5.78 Å². The van der Waals surface area contributed by atoms with Crippen molar-refractivity contribution in [2.24, 2.45) is 0 Å². The molecule has 0 unspecified atom stereocenters. The summed E-state index contributed by atoms with van der Waals surface area (Å²) in [7, 11) is 2.97. The number of fused-ring (bicyclic) bond motifs is 1. The van der Waals surface area contributed by atoms with E-state index in [9.17, 15) is 14.4 Å². The Hall–Kier alpha value is -3.15. The molecule has 6 nitrogen and oxygen atoms in total. The van der Waals surface area contributed by atoms with Gasteiger partial charge in [0.15, 0.2) is 0 Å². The molecule has 1 aliphatic heterocycles. The molecule has 2 aromatic rings. The van der Waals surface area contributed by atoms with Gasteiger partial charge in [-0.25, -0.2) is 4.79 Å². The fourth-order valence-corrected chi connectivity index (χ4v) is 3.15. The molecule has 1 aromatic heterocycles. The molecule has 1 N–H and O–H groups in total. The number of para-hydroxylation sites is 1. The fourth-order valence-electron chi connectivity index (χ4n) is 3.15. The van der Waals surface area contributed by atoms with Gasteiger partial charge < -0.3 is 14.6 Å². The first-order valence-corrected chi connectivity index (χ1v) is 7.77. The number of hydrogen-bond acceptors (Lipinski definition) is 4. The zero-order valence-corrected chi connectivity index (χ0v) is 14.5. The molecule has 0 spiro atoms. The molecule has 1 aromatic carbocycles. The van der Waals surface area contributed by atoms with Gasteiger partial charge in [-0.2, -0.15) is 0 Å². The number of H-pyrrole nitrogens is 1. The number of esters is 1. The number of nitrogens with one attached hydrogen (secondary N) is 1. The number of anilines is 1. The first-order valence-electron chi connectivity index (χ1n) is 7.77. The van der Waals surface area contributed by atoms with Gasteiger partial charge >= 0.3 is 5.97 Å². The number of aromatic nitrogens is 1. The van der Waals surface area contributed by atoms with Crippen LogP contribution in [-0.4, -0.2) is 36.8 Å². The van der Waals surface area contributed by atoms with E-state index in [0.29, 0.717) is 22.4 Å². The number of amides is 1. The lowest BCUT2D eigenvalue weighted by Crippen LogP contribution is -2.20. The summed E-state index contributed by atoms with van der Waals surface area (Å²) in [6, 6.07) is 7.30. The molecule has 0 atom stereocenters. The molecule has 0 saturated carbocycles. The number of rotatable bonds is 3. The number of carbonyl (C=O) groups is 3.